The van der Waals surface area contributed by atoms with E-state index in [4.69, 9.17) is 15.2 Å². The first-order chi connectivity index (χ1) is 9.72. The van der Waals surface area contributed by atoms with Crippen LogP contribution in [0.1, 0.15) is 37.9 Å². The Morgan fingerprint density at radius 2 is 1.95 bits per heavy atom. The van der Waals surface area contributed by atoms with Crippen molar-refractivity contribution >= 4 is 0 Å². The van der Waals surface area contributed by atoms with Gasteiger partial charge in [-0.2, -0.15) is 0 Å². The summed E-state index contributed by atoms with van der Waals surface area (Å²) in [4.78, 5) is 0. The zero-order valence-electron chi connectivity index (χ0n) is 12.2. The number of rotatable bonds is 6. The zero-order valence-corrected chi connectivity index (χ0v) is 12.2. The molecule has 20 heavy (non-hydrogen) atoms. The Hall–Kier alpha value is -1.10. The number of aliphatic hydroxyl groups excluding tert-OH is 1. The van der Waals surface area contributed by atoms with Crippen molar-refractivity contribution in [3.63, 3.8) is 0 Å². The number of aliphatic hydroxyl groups is 1. The van der Waals surface area contributed by atoms with E-state index in [-0.39, 0.29) is 5.41 Å². The number of nitrogens with two attached hydrogens (primary N) is 1. The van der Waals surface area contributed by atoms with Gasteiger partial charge in [-0.1, -0.05) is 19.1 Å². The predicted molar refractivity (Wildman–Crippen MR) is 78.7 cm³/mol. The molecule has 0 saturated carbocycles. The first kappa shape index (κ1) is 15.3. The van der Waals surface area contributed by atoms with Crippen molar-refractivity contribution < 1.29 is 14.6 Å². The molecule has 3 N–H and O–H groups in total. The van der Waals surface area contributed by atoms with Crippen molar-refractivity contribution in [3.8, 4) is 5.75 Å². The van der Waals surface area contributed by atoms with Gasteiger partial charge in [0.2, 0.25) is 0 Å². The summed E-state index contributed by atoms with van der Waals surface area (Å²) in [5, 5.41) is 10.7. The van der Waals surface area contributed by atoms with Crippen LogP contribution in [0, 0.1) is 5.41 Å². The molecule has 4 heteroatoms. The summed E-state index contributed by atoms with van der Waals surface area (Å²) in [6.07, 6.45) is 2.05. The van der Waals surface area contributed by atoms with Gasteiger partial charge < -0.3 is 20.3 Å². The van der Waals surface area contributed by atoms with E-state index in [1.54, 1.807) is 0 Å². The highest BCUT2D eigenvalue weighted by atomic mass is 16.5. The van der Waals surface area contributed by atoms with E-state index in [2.05, 4.69) is 6.92 Å². The highest BCUT2D eigenvalue weighted by molar-refractivity contribution is 5.29. The van der Waals surface area contributed by atoms with Crippen molar-refractivity contribution in [2.45, 2.75) is 32.3 Å². The van der Waals surface area contributed by atoms with Crippen LogP contribution < -0.4 is 10.5 Å². The standard InChI is InChI=1S/C16H25NO3/c1-2-9-20-14-5-3-13(4-6-14)15(18)16(12-17)7-10-19-11-8-16/h3-6,15,18H,2,7-12,17H2,1H3/t15-/m1/s1. The fraction of sp³-hybridized carbons (Fsp3) is 0.625. The van der Waals surface area contributed by atoms with Gasteiger partial charge in [0, 0.05) is 25.2 Å². The Kier molecular flexibility index (Phi) is 5.40. The van der Waals surface area contributed by atoms with E-state index in [0.29, 0.717) is 26.4 Å². The molecule has 1 aliphatic heterocycles. The Balaban J connectivity index is 2.09. The second kappa shape index (κ2) is 7.07. The maximum Gasteiger partial charge on any atom is 0.119 e. The molecule has 1 heterocycles. The lowest BCUT2D eigenvalue weighted by atomic mass is 9.73. The highest BCUT2D eigenvalue weighted by Gasteiger charge is 2.39. The number of benzene rings is 1. The summed E-state index contributed by atoms with van der Waals surface area (Å²) in [7, 11) is 0. The third-order valence-electron chi connectivity index (χ3n) is 4.14. The summed E-state index contributed by atoms with van der Waals surface area (Å²) >= 11 is 0. The summed E-state index contributed by atoms with van der Waals surface area (Å²) in [5.41, 5.74) is 6.58. The Morgan fingerprint density at radius 1 is 1.30 bits per heavy atom. The number of ether oxygens (including phenoxy) is 2. The molecule has 112 valence electrons. The van der Waals surface area contributed by atoms with Crippen LogP contribution in [0.15, 0.2) is 24.3 Å². The van der Waals surface area contributed by atoms with E-state index in [1.165, 1.54) is 0 Å². The molecule has 1 aliphatic rings. The maximum atomic E-state index is 10.7. The molecule has 1 aromatic rings. The van der Waals surface area contributed by atoms with E-state index in [0.717, 1.165) is 30.6 Å². The Bertz CT molecular complexity index is 399. The minimum atomic E-state index is -0.545. The van der Waals surface area contributed by atoms with Crippen LogP contribution in [0.25, 0.3) is 0 Å². The fourth-order valence-corrected chi connectivity index (χ4v) is 2.69. The van der Waals surface area contributed by atoms with Crippen molar-refractivity contribution in [3.05, 3.63) is 29.8 Å². The molecule has 0 amide bonds. The zero-order chi connectivity index (χ0) is 14.4. The second-order valence-electron chi connectivity index (χ2n) is 5.50. The molecular formula is C16H25NO3. The lowest BCUT2D eigenvalue weighted by Gasteiger charge is -2.40. The van der Waals surface area contributed by atoms with Crippen LogP contribution in [0.3, 0.4) is 0 Å². The summed E-state index contributed by atoms with van der Waals surface area (Å²) in [6, 6.07) is 7.70. The third kappa shape index (κ3) is 3.32. The SMILES string of the molecule is CCCOc1ccc([C@@H](O)C2(CN)CCOCC2)cc1. The van der Waals surface area contributed by atoms with Gasteiger partial charge >= 0.3 is 0 Å². The van der Waals surface area contributed by atoms with Gasteiger partial charge in [-0.15, -0.1) is 0 Å². The van der Waals surface area contributed by atoms with E-state index < -0.39 is 6.10 Å². The molecule has 0 bridgehead atoms. The fourth-order valence-electron chi connectivity index (χ4n) is 2.69. The van der Waals surface area contributed by atoms with Gasteiger partial charge in [0.15, 0.2) is 0 Å². The van der Waals surface area contributed by atoms with Crippen LogP contribution >= 0.6 is 0 Å². The van der Waals surface area contributed by atoms with Crippen LogP contribution in [0.4, 0.5) is 0 Å². The lowest BCUT2D eigenvalue weighted by molar-refractivity contribution is -0.0581. The molecule has 2 rings (SSSR count). The Labute approximate surface area is 120 Å². The van der Waals surface area contributed by atoms with E-state index in [9.17, 15) is 5.11 Å². The van der Waals surface area contributed by atoms with Crippen molar-refractivity contribution in [1.29, 1.82) is 0 Å². The molecule has 1 aromatic carbocycles. The highest BCUT2D eigenvalue weighted by Crippen LogP contribution is 2.41. The quantitative estimate of drug-likeness (QED) is 0.838. The first-order valence-electron chi connectivity index (χ1n) is 7.40. The minimum Gasteiger partial charge on any atom is -0.494 e. The molecule has 0 radical (unpaired) electrons. The predicted octanol–water partition coefficient (Wildman–Crippen LogP) is 2.26. The maximum absolute atomic E-state index is 10.7. The largest absolute Gasteiger partial charge is 0.494 e. The second-order valence-corrected chi connectivity index (χ2v) is 5.50. The Morgan fingerprint density at radius 3 is 2.50 bits per heavy atom. The summed E-state index contributed by atoms with van der Waals surface area (Å²) < 4.78 is 10.9. The van der Waals surface area contributed by atoms with E-state index in [1.807, 2.05) is 24.3 Å². The molecule has 1 saturated heterocycles. The first-order valence-corrected chi connectivity index (χ1v) is 7.40. The van der Waals surface area contributed by atoms with Crippen LogP contribution in [0.5, 0.6) is 5.75 Å². The van der Waals surface area contributed by atoms with Crippen LogP contribution in [0.2, 0.25) is 0 Å². The third-order valence-corrected chi connectivity index (χ3v) is 4.14. The van der Waals surface area contributed by atoms with Crippen LogP contribution in [-0.4, -0.2) is 31.5 Å². The monoisotopic (exact) mass is 279 g/mol. The van der Waals surface area contributed by atoms with Crippen LogP contribution in [-0.2, 0) is 4.74 Å². The number of hydrogen-bond acceptors (Lipinski definition) is 4. The molecule has 4 nitrogen and oxygen atoms in total. The molecule has 0 unspecified atom stereocenters. The molecule has 1 fully saturated rings. The normalized spacial score (nSPS) is 19.6. The van der Waals surface area contributed by atoms with Gasteiger partial charge in [0.25, 0.3) is 0 Å². The van der Waals surface area contributed by atoms with Crippen molar-refractivity contribution in [2.75, 3.05) is 26.4 Å². The van der Waals surface area contributed by atoms with Gasteiger partial charge in [-0.3, -0.25) is 0 Å². The van der Waals surface area contributed by atoms with Gasteiger partial charge in [-0.05, 0) is 37.0 Å². The molecular weight excluding hydrogens is 254 g/mol. The summed E-state index contributed by atoms with van der Waals surface area (Å²) in [6.45, 7) is 4.61. The molecule has 0 spiro atoms. The topological polar surface area (TPSA) is 64.7 Å². The van der Waals surface area contributed by atoms with Gasteiger partial charge in [0.05, 0.1) is 12.7 Å². The smallest absolute Gasteiger partial charge is 0.119 e. The molecule has 1 atom stereocenters. The lowest BCUT2D eigenvalue weighted by Crippen LogP contribution is -2.41. The van der Waals surface area contributed by atoms with E-state index >= 15 is 0 Å². The summed E-state index contributed by atoms with van der Waals surface area (Å²) in [5.74, 6) is 0.844. The van der Waals surface area contributed by atoms with Crippen molar-refractivity contribution in [2.24, 2.45) is 11.1 Å². The average Bonchev–Trinajstić information content (AvgIpc) is 2.53. The minimum absolute atomic E-state index is 0.260. The number of hydrogen-bond donors (Lipinski definition) is 2. The molecule has 0 aliphatic carbocycles. The van der Waals surface area contributed by atoms with Crippen molar-refractivity contribution in [1.82, 2.24) is 0 Å². The van der Waals surface area contributed by atoms with Gasteiger partial charge in [0.1, 0.15) is 5.75 Å². The molecule has 0 aromatic heterocycles. The average molecular weight is 279 g/mol. The van der Waals surface area contributed by atoms with Gasteiger partial charge in [-0.25, -0.2) is 0 Å².